The molecule has 108 heavy (non-hydrogen) atoms. The number of allylic oxidation sites excluding steroid dienone is 1. The van der Waals surface area contributed by atoms with Crippen LogP contribution in [0, 0.1) is 0 Å². The van der Waals surface area contributed by atoms with Crippen LogP contribution >= 0.6 is 0 Å². The largest absolute Gasteiger partial charge is 0.477 e. The summed E-state index contributed by atoms with van der Waals surface area (Å²) in [4.78, 5) is 38.7. The van der Waals surface area contributed by atoms with Gasteiger partial charge in [0.2, 0.25) is 11.8 Å². The van der Waals surface area contributed by atoms with Crippen LogP contribution in [0.5, 0.6) is 0 Å². The van der Waals surface area contributed by atoms with E-state index in [9.17, 15) is 75.7 Å². The van der Waals surface area contributed by atoms with E-state index in [0.717, 1.165) is 51.9 Å². The first-order valence-corrected chi connectivity index (χ1v) is 44.1. The number of ether oxygens (including phenoxy) is 6. The van der Waals surface area contributed by atoms with Crippen LogP contribution in [0.1, 0.15) is 374 Å². The molecular weight excluding hydrogens is 1380 g/mol. The molecule has 3 fully saturated rings. The van der Waals surface area contributed by atoms with Crippen molar-refractivity contribution < 1.29 is 104 Å². The molecule has 0 aliphatic carbocycles. The van der Waals surface area contributed by atoms with Crippen LogP contribution in [0.15, 0.2) is 12.2 Å². The topological polar surface area (TPSA) is 373 Å². The van der Waals surface area contributed by atoms with Crippen molar-refractivity contribution in [2.75, 3.05) is 26.4 Å². The molecule has 0 aromatic heterocycles. The Labute approximate surface area is 651 Å². The minimum atomic E-state index is -3.08. The molecule has 2 amide bonds. The maximum atomic E-state index is 13.6. The zero-order valence-electron chi connectivity index (χ0n) is 67.7. The molecule has 14 N–H and O–H groups in total. The Balaban J connectivity index is 1.41. The highest BCUT2D eigenvalue weighted by molar-refractivity contribution is 5.77. The molecule has 23 heteroatoms. The van der Waals surface area contributed by atoms with Crippen LogP contribution in [-0.2, 0) is 42.8 Å². The molecule has 3 heterocycles. The maximum absolute atomic E-state index is 13.6. The second-order valence-corrected chi connectivity index (χ2v) is 32.1. The van der Waals surface area contributed by atoms with Crippen LogP contribution < -0.4 is 10.6 Å². The number of amides is 2. The average Bonchev–Trinajstić information content (AvgIpc) is 0.754. The van der Waals surface area contributed by atoms with Crippen molar-refractivity contribution in [1.82, 2.24) is 10.6 Å². The molecule has 3 aliphatic heterocycles. The van der Waals surface area contributed by atoms with E-state index in [4.69, 9.17) is 28.4 Å². The summed E-state index contributed by atoms with van der Waals surface area (Å²) in [6.45, 7) is 2.20. The lowest BCUT2D eigenvalue weighted by Gasteiger charge is -2.50. The monoisotopic (exact) mass is 1550 g/mol. The van der Waals surface area contributed by atoms with Crippen LogP contribution in [-0.4, -0.2) is 215 Å². The first-order valence-electron chi connectivity index (χ1n) is 44.1. The Bertz CT molecular complexity index is 2190. The molecule has 3 saturated heterocycles. The third kappa shape index (κ3) is 42.7. The summed E-state index contributed by atoms with van der Waals surface area (Å²) >= 11 is 0. The molecule has 0 saturated carbocycles. The Morgan fingerprint density at radius 2 is 0.861 bits per heavy atom. The first-order chi connectivity index (χ1) is 52.4. The standard InChI is InChI=1S/C85H160N2O21/c1-4-6-8-10-12-14-16-18-20-22-23-24-25-26-27-28-29-30-31-32-33-34-35-36-37-38-39-40-41-43-45-47-49-51-53-55-57-59-72(95)87-66(67(92)58-56-54-52-50-48-46-44-42-21-19-17-15-13-11-9-7-5-2)64-103-82-77(99)76(98)79(71(63-90)105-82)106-83-78(100)81(75(97)70(62-89)104-83)108-85(84(101)102)60-68(93)73(86-65(3)91)80(107-85)74(96)69(94)61-88/h56,58,66-71,73-83,88-90,92-94,96-100H,4-55,57,59-64H2,1-3H3,(H,86,91)(H,87,95)(H,101,102)/b58-56+. The molecule has 18 unspecified atom stereocenters. The molecule has 0 bridgehead atoms. The van der Waals surface area contributed by atoms with Gasteiger partial charge in [-0.25, -0.2) is 4.79 Å². The SMILES string of the molecule is CCCCCCCCCCCCCCCCC/C=C/C(O)C(COC1OC(CO)C(OC2OC(CO)C(O)C(OC3(C(=O)O)CC(O)C(NC(C)=O)C(C(O)C(O)CO)O3)C2O)C(O)C1O)NC(=O)CCCCCCCCCCCCCCCCCCCCCCCCCCCCCCCCCCCCCCC. The third-order valence-electron chi connectivity index (χ3n) is 22.5. The fraction of sp³-hybridized carbons (Fsp3) is 0.941. The van der Waals surface area contributed by atoms with E-state index in [1.54, 1.807) is 6.08 Å². The number of carboxylic acids is 1. The van der Waals surface area contributed by atoms with Gasteiger partial charge in [0.1, 0.15) is 67.1 Å². The van der Waals surface area contributed by atoms with Crippen molar-refractivity contribution in [3.8, 4) is 0 Å². The number of hydrogen-bond donors (Lipinski definition) is 14. The number of aliphatic hydroxyl groups is 11. The van der Waals surface area contributed by atoms with Gasteiger partial charge >= 0.3 is 5.97 Å². The van der Waals surface area contributed by atoms with E-state index in [1.807, 2.05) is 6.08 Å². The molecule has 23 nitrogen and oxygen atoms in total. The van der Waals surface area contributed by atoms with Gasteiger partial charge in [0, 0.05) is 19.8 Å². The molecular formula is C85H160N2O21. The van der Waals surface area contributed by atoms with Crippen molar-refractivity contribution in [3.05, 3.63) is 12.2 Å². The first kappa shape index (κ1) is 99.7. The van der Waals surface area contributed by atoms with Gasteiger partial charge in [-0.1, -0.05) is 347 Å². The fourth-order valence-electron chi connectivity index (χ4n) is 15.5. The van der Waals surface area contributed by atoms with E-state index in [2.05, 4.69) is 24.5 Å². The van der Waals surface area contributed by atoms with Gasteiger partial charge in [-0.05, 0) is 19.3 Å². The smallest absolute Gasteiger partial charge is 0.364 e. The number of carbonyl (C=O) groups excluding carboxylic acids is 2. The molecule has 0 radical (unpaired) electrons. The summed E-state index contributed by atoms with van der Waals surface area (Å²) in [5.74, 6) is -6.13. The summed E-state index contributed by atoms with van der Waals surface area (Å²) < 4.78 is 34.9. The minimum Gasteiger partial charge on any atom is -0.477 e. The highest BCUT2D eigenvalue weighted by atomic mass is 16.8. The Morgan fingerprint density at radius 1 is 0.481 bits per heavy atom. The van der Waals surface area contributed by atoms with E-state index in [1.165, 1.54) is 283 Å². The van der Waals surface area contributed by atoms with Gasteiger partial charge in [-0.3, -0.25) is 9.59 Å². The number of nitrogens with one attached hydrogen (secondary N) is 2. The molecule has 18 atom stereocenters. The summed E-state index contributed by atoms with van der Waals surface area (Å²) in [5.41, 5.74) is 0. The molecule has 0 spiro atoms. The predicted molar refractivity (Wildman–Crippen MR) is 422 cm³/mol. The quantitative estimate of drug-likeness (QED) is 0.0199. The maximum Gasteiger partial charge on any atom is 0.364 e. The zero-order chi connectivity index (χ0) is 78.8. The fourth-order valence-corrected chi connectivity index (χ4v) is 15.5. The second kappa shape index (κ2) is 63.7. The molecule has 636 valence electrons. The molecule has 0 aromatic rings. The van der Waals surface area contributed by atoms with E-state index in [0.29, 0.717) is 12.8 Å². The Morgan fingerprint density at radius 3 is 1.23 bits per heavy atom. The summed E-state index contributed by atoms with van der Waals surface area (Å²) in [5, 5.41) is 136. The number of carbonyl (C=O) groups is 3. The molecule has 3 aliphatic rings. The molecule has 3 rings (SSSR count). The molecule has 0 aromatic carbocycles. The van der Waals surface area contributed by atoms with Gasteiger partial charge in [0.15, 0.2) is 12.6 Å². The van der Waals surface area contributed by atoms with Gasteiger partial charge < -0.3 is 100 Å². The van der Waals surface area contributed by atoms with Crippen molar-refractivity contribution in [2.45, 2.75) is 484 Å². The highest BCUT2D eigenvalue weighted by Crippen LogP contribution is 2.39. The van der Waals surface area contributed by atoms with Gasteiger partial charge in [0.25, 0.3) is 5.79 Å². The van der Waals surface area contributed by atoms with E-state index < -0.39 is 155 Å². The van der Waals surface area contributed by atoms with Gasteiger partial charge in [-0.2, -0.15) is 0 Å². The highest BCUT2D eigenvalue weighted by Gasteiger charge is 2.60. The number of aliphatic carboxylic acids is 1. The summed E-state index contributed by atoms with van der Waals surface area (Å²) in [6, 6.07) is -2.62. The summed E-state index contributed by atoms with van der Waals surface area (Å²) in [6.07, 6.45) is 42.8. The lowest BCUT2D eigenvalue weighted by atomic mass is 9.88. The third-order valence-corrected chi connectivity index (χ3v) is 22.5. The van der Waals surface area contributed by atoms with Crippen molar-refractivity contribution in [2.24, 2.45) is 0 Å². The summed E-state index contributed by atoms with van der Waals surface area (Å²) in [7, 11) is 0. The Hall–Kier alpha value is -2.53. The van der Waals surface area contributed by atoms with Crippen LogP contribution in [0.3, 0.4) is 0 Å². The van der Waals surface area contributed by atoms with Gasteiger partial charge in [-0.15, -0.1) is 0 Å². The average molecular weight is 1550 g/mol. The Kier molecular flexibility index (Phi) is 58.8. The zero-order valence-corrected chi connectivity index (χ0v) is 67.7. The predicted octanol–water partition coefficient (Wildman–Crippen LogP) is 13.3. The second-order valence-electron chi connectivity index (χ2n) is 32.1. The number of carboxylic acid groups (broad SMARTS) is 1. The lowest BCUT2D eigenvalue weighted by molar-refractivity contribution is -0.386. The normalized spacial score (nSPS) is 25.9. The van der Waals surface area contributed by atoms with Crippen LogP contribution in [0.2, 0.25) is 0 Å². The van der Waals surface area contributed by atoms with E-state index >= 15 is 0 Å². The van der Waals surface area contributed by atoms with Crippen LogP contribution in [0.25, 0.3) is 0 Å². The lowest BCUT2D eigenvalue weighted by Crippen LogP contribution is -2.70. The van der Waals surface area contributed by atoms with Crippen LogP contribution in [0.4, 0.5) is 0 Å². The number of unbranched alkanes of at least 4 members (excludes halogenated alkanes) is 51. The number of rotatable bonds is 71. The minimum absolute atomic E-state index is 0.206. The van der Waals surface area contributed by atoms with E-state index in [-0.39, 0.29) is 12.3 Å². The number of aliphatic hydroxyl groups excluding tert-OH is 11. The van der Waals surface area contributed by atoms with Gasteiger partial charge in [0.05, 0.1) is 50.7 Å². The van der Waals surface area contributed by atoms with Crippen molar-refractivity contribution >= 4 is 17.8 Å². The number of hydrogen-bond acceptors (Lipinski definition) is 20. The van der Waals surface area contributed by atoms with Crippen molar-refractivity contribution in [1.29, 1.82) is 0 Å². The van der Waals surface area contributed by atoms with Crippen molar-refractivity contribution in [3.63, 3.8) is 0 Å².